The first kappa shape index (κ1) is 17.7. The van der Waals surface area contributed by atoms with Gasteiger partial charge in [-0.15, -0.1) is 0 Å². The van der Waals surface area contributed by atoms with Gasteiger partial charge in [0, 0.05) is 44.2 Å². The molecule has 0 spiro atoms. The van der Waals surface area contributed by atoms with Gasteiger partial charge in [0.25, 0.3) is 0 Å². The minimum atomic E-state index is -0.0306. The summed E-state index contributed by atoms with van der Waals surface area (Å²) in [7, 11) is 0. The fourth-order valence-electron chi connectivity index (χ4n) is 2.50. The van der Waals surface area contributed by atoms with Crippen molar-refractivity contribution in [3.63, 3.8) is 0 Å². The number of ether oxygens (including phenoxy) is 1. The molecule has 128 valence electrons. The third kappa shape index (κ3) is 4.89. The Labute approximate surface area is 138 Å². The van der Waals surface area contributed by atoms with E-state index in [1.165, 1.54) is 6.92 Å². The van der Waals surface area contributed by atoms with Gasteiger partial charge in [-0.2, -0.15) is 0 Å². The van der Waals surface area contributed by atoms with E-state index in [1.807, 2.05) is 0 Å². The molecule has 6 heteroatoms. The number of carbonyl (C=O) groups is 1. The van der Waals surface area contributed by atoms with E-state index in [0.717, 1.165) is 30.4 Å². The van der Waals surface area contributed by atoms with E-state index in [9.17, 15) is 4.79 Å². The monoisotopic (exact) mass is 320 g/mol. The highest BCUT2D eigenvalue weighted by Gasteiger charge is 2.23. The number of hydrogen-bond acceptors (Lipinski definition) is 5. The molecule has 0 radical (unpaired) electrons. The summed E-state index contributed by atoms with van der Waals surface area (Å²) in [4.78, 5) is 22.7. The summed E-state index contributed by atoms with van der Waals surface area (Å²) in [5, 5.41) is 2.82. The van der Waals surface area contributed by atoms with Crippen molar-refractivity contribution in [1.29, 1.82) is 0 Å². The van der Waals surface area contributed by atoms with E-state index < -0.39 is 0 Å². The van der Waals surface area contributed by atoms with E-state index in [0.29, 0.717) is 25.0 Å². The van der Waals surface area contributed by atoms with Gasteiger partial charge in [-0.3, -0.25) is 4.79 Å². The van der Waals surface area contributed by atoms with Crippen LogP contribution in [0.3, 0.4) is 0 Å². The molecule has 1 unspecified atom stereocenters. The van der Waals surface area contributed by atoms with Crippen LogP contribution >= 0.6 is 0 Å². The lowest BCUT2D eigenvalue weighted by Crippen LogP contribution is -2.47. The fraction of sp³-hybridized carbons (Fsp3) is 0.706. The standard InChI is InChI=1S/C17H28N4O2/c1-11(2)15-8-16(20-17(19-15)12(3)4)21-6-7-23-14(10-21)9-18-13(5)22/h8,11-12,14H,6-7,9-10H2,1-5H3,(H,18,22). The van der Waals surface area contributed by atoms with Gasteiger partial charge in [-0.25, -0.2) is 9.97 Å². The first-order valence-electron chi connectivity index (χ1n) is 8.36. The topological polar surface area (TPSA) is 67.4 Å². The Hall–Kier alpha value is -1.69. The number of hydrogen-bond donors (Lipinski definition) is 1. The molecule has 0 saturated carbocycles. The molecule has 23 heavy (non-hydrogen) atoms. The molecule has 1 aromatic rings. The number of aromatic nitrogens is 2. The number of nitrogens with zero attached hydrogens (tertiary/aromatic N) is 3. The Balaban J connectivity index is 2.17. The zero-order valence-electron chi connectivity index (χ0n) is 14.8. The molecule has 2 rings (SSSR count). The van der Waals surface area contributed by atoms with Crippen LogP contribution in [-0.2, 0) is 9.53 Å². The lowest BCUT2D eigenvalue weighted by Gasteiger charge is -2.34. The summed E-state index contributed by atoms with van der Waals surface area (Å²) < 4.78 is 5.74. The van der Waals surface area contributed by atoms with Crippen LogP contribution in [0.5, 0.6) is 0 Å². The van der Waals surface area contributed by atoms with Gasteiger partial charge in [0.2, 0.25) is 5.91 Å². The average molecular weight is 320 g/mol. The first-order valence-corrected chi connectivity index (χ1v) is 8.36. The molecule has 0 aliphatic carbocycles. The van der Waals surface area contributed by atoms with Gasteiger partial charge in [0.15, 0.2) is 0 Å². The predicted octanol–water partition coefficient (Wildman–Crippen LogP) is 2.06. The Morgan fingerprint density at radius 1 is 1.35 bits per heavy atom. The van der Waals surface area contributed by atoms with Crippen LogP contribution in [0.2, 0.25) is 0 Å². The second-order valence-electron chi connectivity index (χ2n) is 6.69. The van der Waals surface area contributed by atoms with Crippen molar-refractivity contribution in [2.75, 3.05) is 31.1 Å². The van der Waals surface area contributed by atoms with Crippen molar-refractivity contribution in [2.24, 2.45) is 0 Å². The molecular weight excluding hydrogens is 292 g/mol. The van der Waals surface area contributed by atoms with Gasteiger partial charge in [-0.1, -0.05) is 27.7 Å². The highest BCUT2D eigenvalue weighted by molar-refractivity contribution is 5.72. The molecule has 1 amide bonds. The largest absolute Gasteiger partial charge is 0.373 e. The van der Waals surface area contributed by atoms with Crippen molar-refractivity contribution >= 4 is 11.7 Å². The number of anilines is 1. The molecule has 1 saturated heterocycles. The van der Waals surface area contributed by atoms with Gasteiger partial charge in [0.1, 0.15) is 11.6 Å². The minimum Gasteiger partial charge on any atom is -0.373 e. The highest BCUT2D eigenvalue weighted by Crippen LogP contribution is 2.23. The molecule has 0 aromatic carbocycles. The smallest absolute Gasteiger partial charge is 0.216 e. The quantitative estimate of drug-likeness (QED) is 0.899. The Bertz CT molecular complexity index is 519. The SMILES string of the molecule is CC(=O)NCC1CN(c2cc(C(C)C)nc(C(C)C)n2)CCO1. The summed E-state index contributed by atoms with van der Waals surface area (Å²) in [5.74, 6) is 2.48. The van der Waals surface area contributed by atoms with E-state index in [4.69, 9.17) is 9.72 Å². The van der Waals surface area contributed by atoms with E-state index in [-0.39, 0.29) is 12.0 Å². The summed E-state index contributed by atoms with van der Waals surface area (Å²) in [6, 6.07) is 2.08. The Morgan fingerprint density at radius 3 is 2.70 bits per heavy atom. The summed E-state index contributed by atoms with van der Waals surface area (Å²) >= 11 is 0. The maximum Gasteiger partial charge on any atom is 0.216 e. The van der Waals surface area contributed by atoms with Crippen LogP contribution in [0, 0.1) is 0 Å². The zero-order valence-corrected chi connectivity index (χ0v) is 14.8. The number of carbonyl (C=O) groups excluding carboxylic acids is 1. The third-order valence-corrected chi connectivity index (χ3v) is 3.90. The van der Waals surface area contributed by atoms with Gasteiger partial charge < -0.3 is 15.0 Å². The first-order chi connectivity index (χ1) is 10.9. The molecule has 2 heterocycles. The predicted molar refractivity (Wildman–Crippen MR) is 90.8 cm³/mol. The van der Waals surface area contributed by atoms with E-state index >= 15 is 0 Å². The molecule has 1 aliphatic rings. The third-order valence-electron chi connectivity index (χ3n) is 3.90. The highest BCUT2D eigenvalue weighted by atomic mass is 16.5. The van der Waals surface area contributed by atoms with Crippen molar-refractivity contribution in [1.82, 2.24) is 15.3 Å². The zero-order chi connectivity index (χ0) is 17.0. The molecular formula is C17H28N4O2. The van der Waals surface area contributed by atoms with E-state index in [1.54, 1.807) is 0 Å². The van der Waals surface area contributed by atoms with Crippen molar-refractivity contribution in [3.05, 3.63) is 17.6 Å². The van der Waals surface area contributed by atoms with Crippen molar-refractivity contribution < 1.29 is 9.53 Å². The Kier molecular flexibility index (Phi) is 5.93. The van der Waals surface area contributed by atoms with Crippen LogP contribution in [0.1, 0.15) is 58.0 Å². The summed E-state index contributed by atoms with van der Waals surface area (Å²) in [6.07, 6.45) is -0.00684. The number of morpholine rings is 1. The molecule has 1 fully saturated rings. The normalized spacial score (nSPS) is 18.6. The maximum atomic E-state index is 11.1. The van der Waals surface area contributed by atoms with Crippen LogP contribution in [0.4, 0.5) is 5.82 Å². The lowest BCUT2D eigenvalue weighted by molar-refractivity contribution is -0.119. The average Bonchev–Trinajstić information content (AvgIpc) is 2.52. The Morgan fingerprint density at radius 2 is 2.09 bits per heavy atom. The van der Waals surface area contributed by atoms with Gasteiger partial charge in [-0.05, 0) is 5.92 Å². The molecule has 1 aromatic heterocycles. The van der Waals surface area contributed by atoms with Gasteiger partial charge >= 0.3 is 0 Å². The van der Waals surface area contributed by atoms with Crippen molar-refractivity contribution in [2.45, 2.75) is 52.6 Å². The number of amides is 1. The second kappa shape index (κ2) is 7.73. The fourth-order valence-corrected chi connectivity index (χ4v) is 2.50. The molecule has 1 atom stereocenters. The molecule has 6 nitrogen and oxygen atoms in total. The second-order valence-corrected chi connectivity index (χ2v) is 6.69. The molecule has 1 aliphatic heterocycles. The van der Waals surface area contributed by atoms with Crippen LogP contribution in [0.15, 0.2) is 6.07 Å². The van der Waals surface area contributed by atoms with Crippen molar-refractivity contribution in [3.8, 4) is 0 Å². The van der Waals surface area contributed by atoms with Crippen LogP contribution < -0.4 is 10.2 Å². The van der Waals surface area contributed by atoms with Crippen LogP contribution in [-0.4, -0.2) is 48.2 Å². The number of nitrogens with one attached hydrogen (secondary N) is 1. The molecule has 0 bridgehead atoms. The number of rotatable bonds is 5. The lowest BCUT2D eigenvalue weighted by atomic mass is 10.1. The van der Waals surface area contributed by atoms with Crippen LogP contribution in [0.25, 0.3) is 0 Å². The summed E-state index contributed by atoms with van der Waals surface area (Å²) in [6.45, 7) is 12.8. The maximum absolute atomic E-state index is 11.1. The minimum absolute atomic E-state index is 0.00684. The van der Waals surface area contributed by atoms with Gasteiger partial charge in [0.05, 0.1) is 12.7 Å². The summed E-state index contributed by atoms with van der Waals surface area (Å²) in [5.41, 5.74) is 1.07. The van der Waals surface area contributed by atoms with E-state index in [2.05, 4.69) is 49.0 Å². The molecule has 1 N–H and O–H groups in total.